The monoisotopic (exact) mass is 252 g/mol. The third-order valence-electron chi connectivity index (χ3n) is 3.18. The first-order chi connectivity index (χ1) is 8.20. The molecular weight excluding hydrogens is 236 g/mol. The molecule has 3 nitrogen and oxygen atoms in total. The van der Waals surface area contributed by atoms with Crippen molar-refractivity contribution in [3.63, 3.8) is 0 Å². The third-order valence-corrected chi connectivity index (χ3v) is 3.62. The van der Waals surface area contributed by atoms with Gasteiger partial charge in [-0.3, -0.25) is 9.78 Å². The molecule has 0 aromatic carbocycles. The number of carbonyl (C=O) groups excluding carboxylic acids is 1. The quantitative estimate of drug-likeness (QED) is 0.758. The molecule has 1 aliphatic heterocycles. The summed E-state index contributed by atoms with van der Waals surface area (Å²) in [6.45, 7) is 3.52. The molecule has 0 saturated carbocycles. The Balaban J connectivity index is 2.06. The lowest BCUT2D eigenvalue weighted by molar-refractivity contribution is 0.0684. The molecule has 1 unspecified atom stereocenters. The Morgan fingerprint density at radius 1 is 1.59 bits per heavy atom. The van der Waals surface area contributed by atoms with E-state index in [1.807, 2.05) is 24.0 Å². The van der Waals surface area contributed by atoms with E-state index < -0.39 is 0 Å². The van der Waals surface area contributed by atoms with Crippen LogP contribution in [0.5, 0.6) is 0 Å². The van der Waals surface area contributed by atoms with E-state index in [0.29, 0.717) is 17.4 Å². The van der Waals surface area contributed by atoms with Crippen LogP contribution in [0.1, 0.15) is 28.9 Å². The zero-order valence-corrected chi connectivity index (χ0v) is 10.8. The molecule has 0 N–H and O–H groups in total. The lowest BCUT2D eigenvalue weighted by atomic mass is 9.99. The number of halogens is 1. The van der Waals surface area contributed by atoms with Crippen LogP contribution in [-0.2, 0) is 0 Å². The molecule has 1 saturated heterocycles. The molecule has 1 aromatic heterocycles. The van der Waals surface area contributed by atoms with Crippen LogP contribution in [0.3, 0.4) is 0 Å². The fraction of sp³-hybridized carbons (Fsp3) is 0.538. The molecule has 2 rings (SSSR count). The van der Waals surface area contributed by atoms with E-state index in [2.05, 4.69) is 4.98 Å². The summed E-state index contributed by atoms with van der Waals surface area (Å²) in [5.41, 5.74) is 1.60. The van der Waals surface area contributed by atoms with Crippen LogP contribution < -0.4 is 0 Å². The highest BCUT2D eigenvalue weighted by atomic mass is 35.5. The summed E-state index contributed by atoms with van der Waals surface area (Å²) >= 11 is 5.87. The lowest BCUT2D eigenvalue weighted by Crippen LogP contribution is -2.40. The summed E-state index contributed by atoms with van der Waals surface area (Å²) in [6, 6.07) is 3.71. The Kier molecular flexibility index (Phi) is 4.00. The van der Waals surface area contributed by atoms with Gasteiger partial charge in [0.15, 0.2) is 0 Å². The van der Waals surface area contributed by atoms with E-state index >= 15 is 0 Å². The van der Waals surface area contributed by atoms with E-state index in [0.717, 1.165) is 31.6 Å². The highest BCUT2D eigenvalue weighted by Gasteiger charge is 2.23. The van der Waals surface area contributed by atoms with Crippen LogP contribution in [0.15, 0.2) is 18.3 Å². The van der Waals surface area contributed by atoms with Gasteiger partial charge in [-0.1, -0.05) is 0 Å². The average molecular weight is 253 g/mol. The predicted molar refractivity (Wildman–Crippen MR) is 68.3 cm³/mol. The van der Waals surface area contributed by atoms with Crippen LogP contribution in [-0.4, -0.2) is 34.8 Å². The topological polar surface area (TPSA) is 33.2 Å². The second kappa shape index (κ2) is 5.50. The zero-order chi connectivity index (χ0) is 12.3. The number of aryl methyl sites for hydroxylation is 1. The molecule has 92 valence electrons. The van der Waals surface area contributed by atoms with Gasteiger partial charge in [0.25, 0.3) is 5.91 Å². The fourth-order valence-corrected chi connectivity index (χ4v) is 2.40. The second-order valence-corrected chi connectivity index (χ2v) is 4.91. The van der Waals surface area contributed by atoms with Crippen molar-refractivity contribution in [2.75, 3.05) is 19.0 Å². The minimum absolute atomic E-state index is 0.0762. The number of likely N-dealkylation sites (tertiary alicyclic amines) is 1. The molecule has 0 spiro atoms. The number of pyridine rings is 1. The fourth-order valence-electron chi connectivity index (χ4n) is 2.15. The predicted octanol–water partition coefficient (Wildman–Crippen LogP) is 2.48. The number of carbonyl (C=O) groups is 1. The van der Waals surface area contributed by atoms with Gasteiger partial charge in [0.2, 0.25) is 0 Å². The molecule has 1 atom stereocenters. The molecule has 1 fully saturated rings. The Morgan fingerprint density at radius 3 is 3.06 bits per heavy atom. The highest BCUT2D eigenvalue weighted by Crippen LogP contribution is 2.19. The van der Waals surface area contributed by atoms with Crippen LogP contribution in [0.4, 0.5) is 0 Å². The van der Waals surface area contributed by atoms with Gasteiger partial charge in [-0.15, -0.1) is 11.6 Å². The number of nitrogens with zero attached hydrogens (tertiary/aromatic N) is 2. The smallest absolute Gasteiger partial charge is 0.255 e. The molecule has 0 radical (unpaired) electrons. The number of alkyl halides is 1. The Hall–Kier alpha value is -1.09. The van der Waals surface area contributed by atoms with Gasteiger partial charge in [-0.05, 0) is 37.8 Å². The van der Waals surface area contributed by atoms with E-state index in [9.17, 15) is 4.79 Å². The van der Waals surface area contributed by atoms with Gasteiger partial charge >= 0.3 is 0 Å². The first-order valence-electron chi connectivity index (χ1n) is 5.98. The van der Waals surface area contributed by atoms with Gasteiger partial charge < -0.3 is 4.90 Å². The van der Waals surface area contributed by atoms with E-state index in [4.69, 9.17) is 11.6 Å². The maximum Gasteiger partial charge on any atom is 0.255 e. The van der Waals surface area contributed by atoms with Crippen LogP contribution in [0, 0.1) is 12.8 Å². The molecule has 0 bridgehead atoms. The van der Waals surface area contributed by atoms with Crippen molar-refractivity contribution in [3.8, 4) is 0 Å². The minimum Gasteiger partial charge on any atom is -0.338 e. The third kappa shape index (κ3) is 2.97. The normalized spacial score (nSPS) is 20.4. The van der Waals surface area contributed by atoms with Gasteiger partial charge in [0.1, 0.15) is 0 Å². The molecule has 1 aromatic rings. The van der Waals surface area contributed by atoms with Crippen molar-refractivity contribution in [1.29, 1.82) is 0 Å². The average Bonchev–Trinajstić information content (AvgIpc) is 2.39. The zero-order valence-electron chi connectivity index (χ0n) is 10.0. The summed E-state index contributed by atoms with van der Waals surface area (Å²) < 4.78 is 0. The Labute approximate surface area is 107 Å². The lowest BCUT2D eigenvalue weighted by Gasteiger charge is -2.31. The molecule has 1 amide bonds. The van der Waals surface area contributed by atoms with Gasteiger partial charge in [0.05, 0.1) is 5.56 Å². The minimum atomic E-state index is 0.0762. The summed E-state index contributed by atoms with van der Waals surface area (Å²) in [5.74, 6) is 1.15. The summed E-state index contributed by atoms with van der Waals surface area (Å²) in [6.07, 6.45) is 3.82. The van der Waals surface area contributed by atoms with E-state index in [1.165, 1.54) is 0 Å². The molecular formula is C13H17ClN2O. The van der Waals surface area contributed by atoms with Crippen molar-refractivity contribution in [1.82, 2.24) is 9.88 Å². The molecule has 17 heavy (non-hydrogen) atoms. The highest BCUT2D eigenvalue weighted by molar-refractivity contribution is 6.18. The first kappa shape index (κ1) is 12.4. The van der Waals surface area contributed by atoms with Gasteiger partial charge in [-0.2, -0.15) is 0 Å². The van der Waals surface area contributed by atoms with Crippen molar-refractivity contribution in [2.45, 2.75) is 19.8 Å². The maximum atomic E-state index is 12.2. The second-order valence-electron chi connectivity index (χ2n) is 4.60. The van der Waals surface area contributed by atoms with Crippen molar-refractivity contribution >= 4 is 17.5 Å². The largest absolute Gasteiger partial charge is 0.338 e. The van der Waals surface area contributed by atoms with E-state index in [1.54, 1.807) is 6.20 Å². The van der Waals surface area contributed by atoms with E-state index in [-0.39, 0.29) is 5.91 Å². The van der Waals surface area contributed by atoms with Crippen molar-refractivity contribution in [2.24, 2.45) is 5.92 Å². The number of piperidine rings is 1. The molecule has 1 aliphatic rings. The van der Waals surface area contributed by atoms with Gasteiger partial charge in [0, 0.05) is 30.9 Å². The van der Waals surface area contributed by atoms with Gasteiger partial charge in [-0.25, -0.2) is 0 Å². The maximum absolute atomic E-state index is 12.2. The number of hydrogen-bond acceptors (Lipinski definition) is 2. The summed E-state index contributed by atoms with van der Waals surface area (Å²) in [5, 5.41) is 0. The summed E-state index contributed by atoms with van der Waals surface area (Å²) in [7, 11) is 0. The number of amides is 1. The molecule has 0 aliphatic carbocycles. The van der Waals surface area contributed by atoms with Crippen LogP contribution in [0.25, 0.3) is 0 Å². The molecule has 4 heteroatoms. The number of hydrogen-bond donors (Lipinski definition) is 0. The van der Waals surface area contributed by atoms with Crippen LogP contribution in [0.2, 0.25) is 0 Å². The van der Waals surface area contributed by atoms with Crippen molar-refractivity contribution < 1.29 is 4.79 Å². The summed E-state index contributed by atoms with van der Waals surface area (Å²) in [4.78, 5) is 18.3. The Morgan fingerprint density at radius 2 is 2.41 bits per heavy atom. The van der Waals surface area contributed by atoms with Crippen molar-refractivity contribution in [3.05, 3.63) is 29.6 Å². The number of rotatable bonds is 2. The Bertz CT molecular complexity index is 391. The van der Waals surface area contributed by atoms with Crippen LogP contribution >= 0.6 is 11.6 Å². The number of aromatic nitrogens is 1. The standard InChI is InChI=1S/C13H17ClN2O/c1-10-4-5-12(8-15-10)13(17)16-6-2-3-11(7-14)9-16/h4-5,8,11H,2-3,6-7,9H2,1H3. The first-order valence-corrected chi connectivity index (χ1v) is 6.52. The SMILES string of the molecule is Cc1ccc(C(=O)N2CCCC(CCl)C2)cn1. The molecule has 2 heterocycles.